The van der Waals surface area contributed by atoms with Crippen LogP contribution in [-0.2, 0) is 0 Å². The highest BCUT2D eigenvalue weighted by molar-refractivity contribution is 6.30. The molecule has 24 heavy (non-hydrogen) atoms. The largest absolute Gasteiger partial charge is 0.334 e. The molecule has 0 spiro atoms. The second kappa shape index (κ2) is 8.21. The summed E-state index contributed by atoms with van der Waals surface area (Å²) in [6.45, 7) is 6.22. The zero-order chi connectivity index (χ0) is 16.9. The Labute approximate surface area is 150 Å². The van der Waals surface area contributed by atoms with Gasteiger partial charge in [-0.2, -0.15) is 0 Å². The fraction of sp³-hybridized carbons (Fsp3) is 0.632. The highest BCUT2D eigenvalue weighted by Crippen LogP contribution is 2.32. The third kappa shape index (κ3) is 4.42. The van der Waals surface area contributed by atoms with Crippen LogP contribution in [0.4, 0.5) is 4.79 Å². The van der Waals surface area contributed by atoms with E-state index in [9.17, 15) is 4.79 Å². The molecule has 1 N–H and O–H groups in total. The molecule has 2 fully saturated rings. The molecule has 4 nitrogen and oxygen atoms in total. The number of carbonyl (C=O) groups excluding carboxylic acids is 1. The van der Waals surface area contributed by atoms with Gasteiger partial charge < -0.3 is 15.1 Å². The third-order valence-electron chi connectivity index (χ3n) is 5.12. The lowest BCUT2D eigenvalue weighted by molar-refractivity contribution is 0.177. The molecule has 2 amide bonds. The second-order valence-corrected chi connectivity index (χ2v) is 7.55. The predicted octanol–water partition coefficient (Wildman–Crippen LogP) is 4.06. The minimum absolute atomic E-state index is 0.0666. The zero-order valence-corrected chi connectivity index (χ0v) is 15.3. The van der Waals surface area contributed by atoms with Crippen LogP contribution < -0.4 is 5.32 Å². The van der Waals surface area contributed by atoms with Crippen LogP contribution in [-0.4, -0.2) is 48.1 Å². The van der Waals surface area contributed by atoms with E-state index in [1.165, 1.54) is 24.8 Å². The molecule has 1 aromatic carbocycles. The van der Waals surface area contributed by atoms with E-state index in [1.54, 1.807) is 0 Å². The van der Waals surface area contributed by atoms with Gasteiger partial charge in [0.05, 0.1) is 6.04 Å². The van der Waals surface area contributed by atoms with E-state index in [4.69, 9.17) is 11.6 Å². The van der Waals surface area contributed by atoms with Gasteiger partial charge in [0, 0.05) is 24.2 Å². The van der Waals surface area contributed by atoms with Gasteiger partial charge in [-0.3, -0.25) is 0 Å². The van der Waals surface area contributed by atoms with E-state index < -0.39 is 0 Å². The van der Waals surface area contributed by atoms with Gasteiger partial charge in [0.15, 0.2) is 0 Å². The van der Waals surface area contributed by atoms with Crippen molar-refractivity contribution in [3.8, 4) is 0 Å². The lowest BCUT2D eigenvalue weighted by atomic mass is 10.1. The molecule has 2 saturated heterocycles. The maximum atomic E-state index is 12.7. The van der Waals surface area contributed by atoms with Crippen molar-refractivity contribution in [2.24, 2.45) is 0 Å². The highest BCUT2D eigenvalue weighted by Gasteiger charge is 2.30. The summed E-state index contributed by atoms with van der Waals surface area (Å²) in [6, 6.07) is 8.31. The van der Waals surface area contributed by atoms with Crippen LogP contribution in [0.5, 0.6) is 0 Å². The second-order valence-electron chi connectivity index (χ2n) is 7.11. The fourth-order valence-electron chi connectivity index (χ4n) is 3.91. The molecule has 0 radical (unpaired) electrons. The molecule has 2 unspecified atom stereocenters. The monoisotopic (exact) mass is 349 g/mol. The summed E-state index contributed by atoms with van der Waals surface area (Å²) in [5.41, 5.74) is 1.18. The summed E-state index contributed by atoms with van der Waals surface area (Å²) >= 11 is 5.98. The SMILES string of the molecule is CC(CN1CCCCC1)NC(=O)N1CCCC1c1ccc(Cl)cc1. The Balaban J connectivity index is 1.55. The third-order valence-corrected chi connectivity index (χ3v) is 5.37. The average molecular weight is 350 g/mol. The number of benzene rings is 1. The van der Waals surface area contributed by atoms with Crippen LogP contribution in [0.3, 0.4) is 0 Å². The van der Waals surface area contributed by atoms with Crippen molar-refractivity contribution in [1.29, 1.82) is 0 Å². The lowest BCUT2D eigenvalue weighted by Gasteiger charge is -2.31. The Morgan fingerprint density at radius 1 is 1.17 bits per heavy atom. The normalized spacial score (nSPS) is 23.2. The molecular formula is C19H28ClN3O. The number of halogens is 1. The van der Waals surface area contributed by atoms with Gasteiger partial charge in [0.1, 0.15) is 0 Å². The molecule has 3 rings (SSSR count). The molecule has 2 heterocycles. The lowest BCUT2D eigenvalue weighted by Crippen LogP contribution is -2.48. The molecule has 0 bridgehead atoms. The van der Waals surface area contributed by atoms with Crippen LogP contribution in [0.15, 0.2) is 24.3 Å². The first-order valence-corrected chi connectivity index (χ1v) is 9.56. The highest BCUT2D eigenvalue weighted by atomic mass is 35.5. The maximum Gasteiger partial charge on any atom is 0.318 e. The fourth-order valence-corrected chi connectivity index (χ4v) is 4.04. The molecule has 2 aliphatic heterocycles. The van der Waals surface area contributed by atoms with E-state index in [0.717, 1.165) is 44.0 Å². The standard InChI is InChI=1S/C19H28ClN3O/c1-15(14-22-11-3-2-4-12-22)21-19(24)23-13-5-6-18(23)16-7-9-17(20)10-8-16/h7-10,15,18H,2-6,11-14H2,1H3,(H,21,24). The Kier molecular flexibility index (Phi) is 6.01. The van der Waals surface area contributed by atoms with Crippen LogP contribution in [0.1, 0.15) is 50.6 Å². The molecule has 2 aliphatic rings. The Hall–Kier alpha value is -1.26. The van der Waals surface area contributed by atoms with Crippen LogP contribution >= 0.6 is 11.6 Å². The van der Waals surface area contributed by atoms with Crippen molar-refractivity contribution in [1.82, 2.24) is 15.1 Å². The number of amides is 2. The van der Waals surface area contributed by atoms with Gasteiger partial charge in [-0.05, 0) is 63.4 Å². The number of hydrogen-bond donors (Lipinski definition) is 1. The minimum Gasteiger partial charge on any atom is -0.334 e. The number of likely N-dealkylation sites (tertiary alicyclic amines) is 2. The Morgan fingerprint density at radius 2 is 1.88 bits per heavy atom. The summed E-state index contributed by atoms with van der Waals surface area (Å²) < 4.78 is 0. The first-order valence-electron chi connectivity index (χ1n) is 9.18. The van der Waals surface area contributed by atoms with Gasteiger partial charge >= 0.3 is 6.03 Å². The van der Waals surface area contributed by atoms with E-state index in [1.807, 2.05) is 29.2 Å². The first-order chi connectivity index (χ1) is 11.6. The van der Waals surface area contributed by atoms with E-state index in [0.29, 0.717) is 0 Å². The first kappa shape index (κ1) is 17.6. The maximum absolute atomic E-state index is 12.7. The average Bonchev–Trinajstić information content (AvgIpc) is 3.06. The number of hydrogen-bond acceptors (Lipinski definition) is 2. The van der Waals surface area contributed by atoms with Gasteiger partial charge in [-0.1, -0.05) is 30.2 Å². The van der Waals surface area contributed by atoms with Crippen molar-refractivity contribution in [3.63, 3.8) is 0 Å². The minimum atomic E-state index is 0.0666. The number of piperidine rings is 1. The summed E-state index contributed by atoms with van der Waals surface area (Å²) in [6.07, 6.45) is 5.99. The van der Waals surface area contributed by atoms with Crippen molar-refractivity contribution in [3.05, 3.63) is 34.9 Å². The van der Waals surface area contributed by atoms with Gasteiger partial charge in [0.25, 0.3) is 0 Å². The molecule has 0 saturated carbocycles. The Bertz CT molecular complexity index is 542. The van der Waals surface area contributed by atoms with Crippen molar-refractivity contribution in [2.45, 2.75) is 51.1 Å². The van der Waals surface area contributed by atoms with Crippen molar-refractivity contribution >= 4 is 17.6 Å². The number of urea groups is 1. The van der Waals surface area contributed by atoms with Crippen molar-refractivity contribution in [2.75, 3.05) is 26.2 Å². The Morgan fingerprint density at radius 3 is 2.58 bits per heavy atom. The van der Waals surface area contributed by atoms with Gasteiger partial charge in [0.2, 0.25) is 0 Å². The topological polar surface area (TPSA) is 35.6 Å². The smallest absolute Gasteiger partial charge is 0.318 e. The summed E-state index contributed by atoms with van der Waals surface area (Å²) in [7, 11) is 0. The number of nitrogens with one attached hydrogen (secondary N) is 1. The molecule has 2 atom stereocenters. The van der Waals surface area contributed by atoms with Crippen LogP contribution in [0.2, 0.25) is 5.02 Å². The van der Waals surface area contributed by atoms with E-state index >= 15 is 0 Å². The number of rotatable bonds is 4. The molecule has 5 heteroatoms. The van der Waals surface area contributed by atoms with Crippen LogP contribution in [0, 0.1) is 0 Å². The zero-order valence-electron chi connectivity index (χ0n) is 14.5. The molecule has 0 aromatic heterocycles. The molecule has 1 aromatic rings. The van der Waals surface area contributed by atoms with Gasteiger partial charge in [-0.15, -0.1) is 0 Å². The molecule has 132 valence electrons. The predicted molar refractivity (Wildman–Crippen MR) is 98.4 cm³/mol. The number of nitrogens with zero attached hydrogens (tertiary/aromatic N) is 2. The molecular weight excluding hydrogens is 322 g/mol. The van der Waals surface area contributed by atoms with E-state index in [2.05, 4.69) is 17.1 Å². The van der Waals surface area contributed by atoms with E-state index in [-0.39, 0.29) is 18.1 Å². The quantitative estimate of drug-likeness (QED) is 0.889. The summed E-state index contributed by atoms with van der Waals surface area (Å²) in [5, 5.41) is 3.94. The summed E-state index contributed by atoms with van der Waals surface area (Å²) in [4.78, 5) is 17.2. The number of carbonyl (C=O) groups is 1. The van der Waals surface area contributed by atoms with Crippen LogP contribution in [0.25, 0.3) is 0 Å². The summed E-state index contributed by atoms with van der Waals surface area (Å²) in [5.74, 6) is 0. The van der Waals surface area contributed by atoms with Crippen molar-refractivity contribution < 1.29 is 4.79 Å². The molecule has 0 aliphatic carbocycles. The van der Waals surface area contributed by atoms with Gasteiger partial charge in [-0.25, -0.2) is 4.79 Å².